The first kappa shape index (κ1) is 18.7. The minimum absolute atomic E-state index is 0.0946. The molecule has 0 radical (unpaired) electrons. The van der Waals surface area contributed by atoms with Crippen LogP contribution >= 0.6 is 0 Å². The molecule has 142 valence electrons. The first-order chi connectivity index (χ1) is 13.0. The SMILES string of the molecule is CNC(=O)c1ccc(CN(C)C(=O)C2CCCN2C(=O)c2ccco2)cc1. The van der Waals surface area contributed by atoms with Crippen molar-refractivity contribution in [1.82, 2.24) is 15.1 Å². The van der Waals surface area contributed by atoms with Crippen LogP contribution in [0.15, 0.2) is 47.1 Å². The average molecular weight is 369 g/mol. The number of nitrogens with zero attached hydrogens (tertiary/aromatic N) is 2. The lowest BCUT2D eigenvalue weighted by Gasteiger charge is -2.27. The average Bonchev–Trinajstić information content (AvgIpc) is 3.38. The van der Waals surface area contributed by atoms with Gasteiger partial charge in [0.05, 0.1) is 6.26 Å². The highest BCUT2D eigenvalue weighted by Gasteiger charge is 2.36. The number of hydrogen-bond acceptors (Lipinski definition) is 4. The third kappa shape index (κ3) is 4.02. The van der Waals surface area contributed by atoms with E-state index in [1.165, 1.54) is 6.26 Å². The molecule has 1 fully saturated rings. The molecule has 0 aliphatic carbocycles. The van der Waals surface area contributed by atoms with E-state index in [-0.39, 0.29) is 23.5 Å². The van der Waals surface area contributed by atoms with Crippen molar-refractivity contribution < 1.29 is 18.8 Å². The van der Waals surface area contributed by atoms with Crippen molar-refractivity contribution in [1.29, 1.82) is 0 Å². The van der Waals surface area contributed by atoms with Gasteiger partial charge in [0.25, 0.3) is 11.8 Å². The second-order valence-corrected chi connectivity index (χ2v) is 6.60. The molecule has 1 atom stereocenters. The zero-order valence-corrected chi connectivity index (χ0v) is 15.5. The lowest BCUT2D eigenvalue weighted by molar-refractivity contribution is -0.134. The highest BCUT2D eigenvalue weighted by Crippen LogP contribution is 2.22. The van der Waals surface area contributed by atoms with Crippen LogP contribution in [-0.4, -0.2) is 54.2 Å². The fourth-order valence-corrected chi connectivity index (χ4v) is 3.32. The van der Waals surface area contributed by atoms with Crippen molar-refractivity contribution in [2.45, 2.75) is 25.4 Å². The van der Waals surface area contributed by atoms with E-state index in [4.69, 9.17) is 4.42 Å². The van der Waals surface area contributed by atoms with Crippen LogP contribution in [0.2, 0.25) is 0 Å². The van der Waals surface area contributed by atoms with Crippen LogP contribution in [0.4, 0.5) is 0 Å². The van der Waals surface area contributed by atoms with Gasteiger partial charge in [-0.2, -0.15) is 0 Å². The summed E-state index contributed by atoms with van der Waals surface area (Å²) in [5.41, 5.74) is 1.49. The van der Waals surface area contributed by atoms with Crippen molar-refractivity contribution in [3.05, 3.63) is 59.5 Å². The summed E-state index contributed by atoms with van der Waals surface area (Å²) in [6, 6.07) is 9.92. The fraction of sp³-hybridized carbons (Fsp3) is 0.350. The van der Waals surface area contributed by atoms with Gasteiger partial charge in [0.1, 0.15) is 6.04 Å². The molecule has 1 aromatic heterocycles. The molecule has 0 bridgehead atoms. The molecule has 27 heavy (non-hydrogen) atoms. The summed E-state index contributed by atoms with van der Waals surface area (Å²) in [6.45, 7) is 0.955. The van der Waals surface area contributed by atoms with E-state index in [1.54, 1.807) is 48.2 Å². The third-order valence-corrected chi connectivity index (χ3v) is 4.77. The molecule has 1 saturated heterocycles. The second-order valence-electron chi connectivity index (χ2n) is 6.60. The van der Waals surface area contributed by atoms with Gasteiger partial charge in [-0.15, -0.1) is 0 Å². The normalized spacial score (nSPS) is 16.2. The van der Waals surface area contributed by atoms with Crippen molar-refractivity contribution >= 4 is 17.7 Å². The van der Waals surface area contributed by atoms with E-state index in [2.05, 4.69) is 5.32 Å². The van der Waals surface area contributed by atoms with E-state index >= 15 is 0 Å². The Morgan fingerprint density at radius 1 is 1.22 bits per heavy atom. The van der Waals surface area contributed by atoms with Crippen molar-refractivity contribution in [3.8, 4) is 0 Å². The van der Waals surface area contributed by atoms with Gasteiger partial charge >= 0.3 is 0 Å². The Bertz CT molecular complexity index is 814. The van der Waals surface area contributed by atoms with Crippen LogP contribution in [0.3, 0.4) is 0 Å². The van der Waals surface area contributed by atoms with E-state index in [0.29, 0.717) is 25.1 Å². The number of nitrogens with one attached hydrogen (secondary N) is 1. The van der Waals surface area contributed by atoms with Gasteiger partial charge in [-0.1, -0.05) is 12.1 Å². The lowest BCUT2D eigenvalue weighted by Crippen LogP contribution is -2.46. The van der Waals surface area contributed by atoms with Gasteiger partial charge in [-0.05, 0) is 42.7 Å². The maximum Gasteiger partial charge on any atom is 0.290 e. The van der Waals surface area contributed by atoms with Gasteiger partial charge in [0.15, 0.2) is 5.76 Å². The molecule has 2 heterocycles. The largest absolute Gasteiger partial charge is 0.459 e. The molecular formula is C20H23N3O4. The summed E-state index contributed by atoms with van der Waals surface area (Å²) in [5, 5.41) is 2.58. The summed E-state index contributed by atoms with van der Waals surface area (Å²) < 4.78 is 5.18. The number of carbonyl (C=O) groups is 3. The monoisotopic (exact) mass is 369 g/mol. The Labute approximate surface area is 157 Å². The molecule has 1 aliphatic heterocycles. The first-order valence-corrected chi connectivity index (χ1v) is 8.91. The van der Waals surface area contributed by atoms with Crippen LogP contribution in [0, 0.1) is 0 Å². The number of hydrogen-bond donors (Lipinski definition) is 1. The smallest absolute Gasteiger partial charge is 0.290 e. The molecule has 1 aliphatic rings. The quantitative estimate of drug-likeness (QED) is 0.873. The number of likely N-dealkylation sites (N-methyl/N-ethyl adjacent to an activating group) is 1. The molecule has 1 N–H and O–H groups in total. The predicted molar refractivity (Wildman–Crippen MR) is 99.1 cm³/mol. The number of amides is 3. The molecule has 7 heteroatoms. The van der Waals surface area contributed by atoms with Gasteiger partial charge in [-0.3, -0.25) is 14.4 Å². The zero-order chi connectivity index (χ0) is 19.4. The van der Waals surface area contributed by atoms with E-state index in [9.17, 15) is 14.4 Å². The summed E-state index contributed by atoms with van der Waals surface area (Å²) in [4.78, 5) is 40.3. The van der Waals surface area contributed by atoms with Crippen molar-refractivity contribution in [3.63, 3.8) is 0 Å². The molecule has 1 aromatic carbocycles. The first-order valence-electron chi connectivity index (χ1n) is 8.91. The second kappa shape index (κ2) is 8.07. The molecule has 1 unspecified atom stereocenters. The van der Waals surface area contributed by atoms with Crippen LogP contribution < -0.4 is 5.32 Å². The maximum atomic E-state index is 12.9. The standard InChI is InChI=1S/C20H23N3O4/c1-21-18(24)15-9-7-14(8-10-15)13-22(2)19(25)16-5-3-11-23(16)20(26)17-6-4-12-27-17/h4,6-10,12,16H,3,5,11,13H2,1-2H3,(H,21,24). The topological polar surface area (TPSA) is 82.9 Å². The van der Waals surface area contributed by atoms with Crippen LogP contribution in [-0.2, 0) is 11.3 Å². The van der Waals surface area contributed by atoms with Crippen LogP contribution in [0.25, 0.3) is 0 Å². The minimum atomic E-state index is -0.474. The summed E-state index contributed by atoms with van der Waals surface area (Å²) in [6.07, 6.45) is 2.89. The lowest BCUT2D eigenvalue weighted by atomic mass is 10.1. The Morgan fingerprint density at radius 2 is 1.96 bits per heavy atom. The fourth-order valence-electron chi connectivity index (χ4n) is 3.32. The van der Waals surface area contributed by atoms with Gasteiger partial charge in [0.2, 0.25) is 5.91 Å². The van der Waals surface area contributed by atoms with Gasteiger partial charge in [0, 0.05) is 32.7 Å². The summed E-state index contributed by atoms with van der Waals surface area (Å²) in [5.74, 6) is -0.242. The molecule has 0 spiro atoms. The number of furan rings is 1. The van der Waals surface area contributed by atoms with E-state index < -0.39 is 6.04 Å². The zero-order valence-electron chi connectivity index (χ0n) is 15.5. The van der Waals surface area contributed by atoms with E-state index in [1.807, 2.05) is 12.1 Å². The molecule has 7 nitrogen and oxygen atoms in total. The molecule has 3 amide bonds. The number of carbonyl (C=O) groups excluding carboxylic acids is 3. The summed E-state index contributed by atoms with van der Waals surface area (Å²) >= 11 is 0. The number of benzene rings is 1. The van der Waals surface area contributed by atoms with Crippen LogP contribution in [0.5, 0.6) is 0 Å². The van der Waals surface area contributed by atoms with E-state index in [0.717, 1.165) is 12.0 Å². The summed E-state index contributed by atoms with van der Waals surface area (Å²) in [7, 11) is 3.31. The Hall–Kier alpha value is -3.09. The molecule has 3 rings (SSSR count). The minimum Gasteiger partial charge on any atom is -0.459 e. The third-order valence-electron chi connectivity index (χ3n) is 4.77. The van der Waals surface area contributed by atoms with Gasteiger partial charge < -0.3 is 19.5 Å². The molecular weight excluding hydrogens is 346 g/mol. The van der Waals surface area contributed by atoms with Crippen molar-refractivity contribution in [2.24, 2.45) is 0 Å². The Balaban J connectivity index is 1.65. The van der Waals surface area contributed by atoms with Crippen LogP contribution in [0.1, 0.15) is 39.3 Å². The maximum absolute atomic E-state index is 12.9. The highest BCUT2D eigenvalue weighted by molar-refractivity contribution is 5.96. The number of rotatable bonds is 5. The predicted octanol–water partition coefficient (Wildman–Crippen LogP) is 1.90. The Kier molecular flexibility index (Phi) is 5.59. The highest BCUT2D eigenvalue weighted by atomic mass is 16.3. The molecule has 0 saturated carbocycles. The van der Waals surface area contributed by atoms with Crippen molar-refractivity contribution in [2.75, 3.05) is 20.6 Å². The Morgan fingerprint density at radius 3 is 2.59 bits per heavy atom. The number of likely N-dealkylation sites (tertiary alicyclic amines) is 1. The van der Waals surface area contributed by atoms with Gasteiger partial charge in [-0.25, -0.2) is 0 Å². The molecule has 2 aromatic rings.